The first-order valence-electron chi connectivity index (χ1n) is 3.75. The monoisotopic (exact) mass is 311 g/mol. The van der Waals surface area contributed by atoms with Crippen molar-refractivity contribution in [1.82, 2.24) is 4.98 Å². The van der Waals surface area contributed by atoms with Crippen LogP contribution in [0.3, 0.4) is 0 Å². The second-order valence-electron chi connectivity index (χ2n) is 2.55. The van der Waals surface area contributed by atoms with Crippen molar-refractivity contribution in [2.45, 2.75) is 6.36 Å². The average molecular weight is 312 g/mol. The third-order valence-electron chi connectivity index (χ3n) is 1.49. The maximum Gasteiger partial charge on any atom is 0.573 e. The molecule has 6 nitrogen and oxygen atoms in total. The van der Waals surface area contributed by atoms with E-state index in [0.717, 1.165) is 0 Å². The van der Waals surface area contributed by atoms with Gasteiger partial charge >= 0.3 is 12.0 Å². The highest BCUT2D eigenvalue weighted by molar-refractivity contribution is 9.10. The van der Waals surface area contributed by atoms with E-state index in [-0.39, 0.29) is 4.60 Å². The normalized spacial score (nSPS) is 10.8. The molecule has 0 aliphatic heterocycles. The van der Waals surface area contributed by atoms with Gasteiger partial charge in [-0.3, -0.25) is 10.1 Å². The summed E-state index contributed by atoms with van der Waals surface area (Å²) in [6.07, 6.45) is -4.49. The third-order valence-corrected chi connectivity index (χ3v) is 2.07. The van der Waals surface area contributed by atoms with E-state index in [0.29, 0.717) is 6.20 Å². The quantitative estimate of drug-likeness (QED) is 0.475. The largest absolute Gasteiger partial charge is 0.573 e. The van der Waals surface area contributed by atoms with Gasteiger partial charge in [-0.25, -0.2) is 4.98 Å². The third kappa shape index (κ3) is 3.04. The van der Waals surface area contributed by atoms with Crippen LogP contribution in [0.4, 0.5) is 18.9 Å². The van der Waals surface area contributed by atoms with E-state index in [4.69, 9.17) is 5.26 Å². The van der Waals surface area contributed by atoms with Gasteiger partial charge in [-0.05, 0) is 15.9 Å². The predicted octanol–water partition coefficient (Wildman–Crippen LogP) is 2.52. The summed E-state index contributed by atoms with van der Waals surface area (Å²) in [4.78, 5) is 12.8. The van der Waals surface area contributed by atoms with Gasteiger partial charge in [0.15, 0.2) is 15.9 Å². The first kappa shape index (κ1) is 13.2. The van der Waals surface area contributed by atoms with Crippen LogP contribution in [0.25, 0.3) is 0 Å². The van der Waals surface area contributed by atoms with Gasteiger partial charge in [0, 0.05) is 0 Å². The molecule has 1 aromatic heterocycles. The van der Waals surface area contributed by atoms with Gasteiger partial charge in [-0.15, -0.1) is 13.2 Å². The van der Waals surface area contributed by atoms with Crippen LogP contribution < -0.4 is 4.74 Å². The van der Waals surface area contributed by atoms with Crippen LogP contribution in [-0.2, 0) is 0 Å². The Hall–Kier alpha value is -1.89. The number of pyridine rings is 1. The first-order valence-corrected chi connectivity index (χ1v) is 4.54. The van der Waals surface area contributed by atoms with Gasteiger partial charge < -0.3 is 4.74 Å². The van der Waals surface area contributed by atoms with Crippen LogP contribution in [0.2, 0.25) is 0 Å². The smallest absolute Gasteiger partial charge is 0.402 e. The lowest BCUT2D eigenvalue weighted by Gasteiger charge is -2.09. The maximum absolute atomic E-state index is 12.0. The van der Waals surface area contributed by atoms with Crippen LogP contribution >= 0.6 is 15.9 Å². The van der Waals surface area contributed by atoms with Crippen molar-refractivity contribution < 1.29 is 22.8 Å². The van der Waals surface area contributed by atoms with Crippen molar-refractivity contribution in [3.8, 4) is 11.8 Å². The number of alkyl halides is 3. The highest BCUT2D eigenvalue weighted by Crippen LogP contribution is 2.35. The van der Waals surface area contributed by atoms with E-state index < -0.39 is 28.3 Å². The summed E-state index contributed by atoms with van der Waals surface area (Å²) in [6, 6.07) is 1.27. The number of nitriles is 1. The minimum absolute atomic E-state index is 0.353. The molecular weight excluding hydrogens is 311 g/mol. The highest BCUT2D eigenvalue weighted by Gasteiger charge is 2.35. The Morgan fingerprint density at radius 2 is 2.18 bits per heavy atom. The molecule has 0 amide bonds. The lowest BCUT2D eigenvalue weighted by molar-refractivity contribution is -0.386. The van der Waals surface area contributed by atoms with Gasteiger partial charge in [-0.1, -0.05) is 0 Å². The summed E-state index contributed by atoms with van der Waals surface area (Å²) in [6.45, 7) is 0. The molecule has 1 rings (SSSR count). The minimum Gasteiger partial charge on any atom is -0.402 e. The van der Waals surface area contributed by atoms with E-state index in [2.05, 4.69) is 25.7 Å². The van der Waals surface area contributed by atoms with Crippen LogP contribution in [-0.4, -0.2) is 16.3 Å². The minimum atomic E-state index is -5.06. The average Bonchev–Trinajstić information content (AvgIpc) is 2.17. The Labute approximate surface area is 99.9 Å². The number of nitrogens with zero attached hydrogens (tertiary/aromatic N) is 3. The molecule has 0 unspecified atom stereocenters. The zero-order valence-corrected chi connectivity index (χ0v) is 9.24. The number of aromatic nitrogens is 1. The lowest BCUT2D eigenvalue weighted by Crippen LogP contribution is -2.18. The molecule has 90 valence electrons. The standard InChI is InChI=1S/C7HBrF3N3O3/c8-6-5(14(15)16)3(1-12)4(2-13-6)17-7(9,10)11/h2H. The molecule has 0 aromatic carbocycles. The van der Waals surface area contributed by atoms with Crippen LogP contribution in [0.1, 0.15) is 5.56 Å². The summed E-state index contributed by atoms with van der Waals surface area (Å²) in [5.74, 6) is -1.02. The van der Waals surface area contributed by atoms with Gasteiger partial charge in [0.25, 0.3) is 0 Å². The molecule has 0 radical (unpaired) electrons. The molecule has 0 aliphatic rings. The summed E-state index contributed by atoms with van der Waals surface area (Å²) >= 11 is 2.66. The molecule has 0 atom stereocenters. The van der Waals surface area contributed by atoms with E-state index in [1.807, 2.05) is 0 Å². The van der Waals surface area contributed by atoms with Gasteiger partial charge in [0.1, 0.15) is 6.07 Å². The van der Waals surface area contributed by atoms with E-state index in [1.54, 1.807) is 0 Å². The Morgan fingerprint density at radius 1 is 1.59 bits per heavy atom. The fourth-order valence-electron chi connectivity index (χ4n) is 0.938. The maximum atomic E-state index is 12.0. The summed E-state index contributed by atoms with van der Waals surface area (Å²) in [5.41, 5.74) is -1.73. The van der Waals surface area contributed by atoms with Crippen molar-refractivity contribution in [3.05, 3.63) is 26.5 Å². The Balaban J connectivity index is 3.40. The molecule has 0 aliphatic carbocycles. The number of rotatable bonds is 2. The molecule has 1 aromatic rings. The molecule has 0 bridgehead atoms. The topological polar surface area (TPSA) is 89.0 Å². The molecule has 17 heavy (non-hydrogen) atoms. The van der Waals surface area contributed by atoms with Crippen molar-refractivity contribution in [1.29, 1.82) is 5.26 Å². The Bertz CT molecular complexity index is 512. The van der Waals surface area contributed by atoms with Gasteiger partial charge in [0.05, 0.1) is 11.1 Å². The summed E-state index contributed by atoms with van der Waals surface area (Å²) < 4.78 is 39.0. The van der Waals surface area contributed by atoms with Crippen LogP contribution in [0.5, 0.6) is 5.75 Å². The SMILES string of the molecule is N#Cc1c(OC(F)(F)F)cnc(Br)c1[N+](=O)[O-]. The second-order valence-corrected chi connectivity index (χ2v) is 3.30. The fraction of sp³-hybridized carbons (Fsp3) is 0.143. The molecular formula is C7HBrF3N3O3. The fourth-order valence-corrected chi connectivity index (χ4v) is 1.38. The number of ether oxygens (including phenoxy) is 1. The molecule has 0 N–H and O–H groups in total. The van der Waals surface area contributed by atoms with E-state index >= 15 is 0 Å². The van der Waals surface area contributed by atoms with Crippen molar-refractivity contribution in [2.75, 3.05) is 0 Å². The summed E-state index contributed by atoms with van der Waals surface area (Å²) in [7, 11) is 0. The van der Waals surface area contributed by atoms with Crippen molar-refractivity contribution in [2.24, 2.45) is 0 Å². The first-order chi connectivity index (χ1) is 7.76. The number of halogens is 4. The molecule has 0 spiro atoms. The lowest BCUT2D eigenvalue weighted by atomic mass is 10.2. The van der Waals surface area contributed by atoms with Gasteiger partial charge in [-0.2, -0.15) is 5.26 Å². The van der Waals surface area contributed by atoms with Gasteiger partial charge in [0.2, 0.25) is 0 Å². The zero-order valence-electron chi connectivity index (χ0n) is 7.66. The number of hydrogen-bond acceptors (Lipinski definition) is 5. The highest BCUT2D eigenvalue weighted by atomic mass is 79.9. The molecule has 1 heterocycles. The second kappa shape index (κ2) is 4.54. The zero-order chi connectivity index (χ0) is 13.2. The summed E-state index contributed by atoms with van der Waals surface area (Å²) in [5, 5.41) is 19.2. The molecule has 0 saturated carbocycles. The predicted molar refractivity (Wildman–Crippen MR) is 50.0 cm³/mol. The molecule has 10 heteroatoms. The van der Waals surface area contributed by atoms with Crippen molar-refractivity contribution >= 4 is 21.6 Å². The van der Waals surface area contributed by atoms with Crippen LogP contribution in [0, 0.1) is 21.4 Å². The van der Waals surface area contributed by atoms with Crippen molar-refractivity contribution in [3.63, 3.8) is 0 Å². The van der Waals surface area contributed by atoms with E-state index in [9.17, 15) is 23.3 Å². The van der Waals surface area contributed by atoms with E-state index in [1.165, 1.54) is 6.07 Å². The van der Waals surface area contributed by atoms with Crippen LogP contribution in [0.15, 0.2) is 10.8 Å². The number of hydrogen-bond donors (Lipinski definition) is 0. The number of nitro groups is 1. The Kier molecular flexibility index (Phi) is 3.52. The Morgan fingerprint density at radius 3 is 2.59 bits per heavy atom. The molecule has 0 fully saturated rings. The molecule has 0 saturated heterocycles.